The average molecular weight is 477 g/mol. The molecule has 0 heterocycles. The smallest absolute Gasteiger partial charge is 0.251 e. The molecule has 0 saturated heterocycles. The standard InChI is InChI=1S/C25H24Cl3NO2/c1-15(2)14-29-25(30)18-6-11-23(16(3)12-18)31-24(17-4-7-19(26)8-5-17)21-10-9-20(27)13-22(21)28/h4-13,15,24H,14H2,1-3H3,(H,29,30). The van der Waals surface area contributed by atoms with E-state index in [1.165, 1.54) is 0 Å². The molecule has 0 aromatic heterocycles. The van der Waals surface area contributed by atoms with Gasteiger partial charge >= 0.3 is 0 Å². The molecule has 1 N–H and O–H groups in total. The lowest BCUT2D eigenvalue weighted by Gasteiger charge is -2.23. The summed E-state index contributed by atoms with van der Waals surface area (Å²) in [4.78, 5) is 12.4. The van der Waals surface area contributed by atoms with Crippen LogP contribution in [0.1, 0.15) is 47.0 Å². The van der Waals surface area contributed by atoms with Crippen molar-refractivity contribution >= 4 is 40.7 Å². The minimum Gasteiger partial charge on any atom is -0.481 e. The summed E-state index contributed by atoms with van der Waals surface area (Å²) in [7, 11) is 0. The Morgan fingerprint density at radius 3 is 2.23 bits per heavy atom. The summed E-state index contributed by atoms with van der Waals surface area (Å²) in [5.74, 6) is 0.946. The molecular formula is C25H24Cl3NO2. The molecule has 3 aromatic rings. The molecule has 31 heavy (non-hydrogen) atoms. The zero-order valence-corrected chi connectivity index (χ0v) is 19.9. The maximum absolute atomic E-state index is 12.4. The zero-order chi connectivity index (χ0) is 22.5. The number of amides is 1. The molecule has 162 valence electrons. The molecule has 0 radical (unpaired) electrons. The summed E-state index contributed by atoms with van der Waals surface area (Å²) < 4.78 is 6.41. The van der Waals surface area contributed by atoms with E-state index in [-0.39, 0.29) is 5.91 Å². The van der Waals surface area contributed by atoms with Crippen molar-refractivity contribution in [3.63, 3.8) is 0 Å². The first-order chi connectivity index (χ1) is 14.7. The SMILES string of the molecule is Cc1cc(C(=O)NCC(C)C)ccc1OC(c1ccc(Cl)cc1)c1ccc(Cl)cc1Cl. The van der Waals surface area contributed by atoms with E-state index in [1.807, 2.05) is 49.4 Å². The van der Waals surface area contributed by atoms with Crippen molar-refractivity contribution in [1.29, 1.82) is 0 Å². The number of aryl methyl sites for hydroxylation is 1. The Labute approximate surface area is 198 Å². The van der Waals surface area contributed by atoms with Gasteiger partial charge in [0, 0.05) is 32.7 Å². The number of nitrogens with one attached hydrogen (secondary N) is 1. The molecule has 0 aliphatic heterocycles. The monoisotopic (exact) mass is 475 g/mol. The van der Waals surface area contributed by atoms with Crippen molar-refractivity contribution in [2.24, 2.45) is 5.92 Å². The lowest BCUT2D eigenvalue weighted by atomic mass is 10.0. The molecular weight excluding hydrogens is 453 g/mol. The van der Waals surface area contributed by atoms with Gasteiger partial charge in [-0.05, 0) is 66.4 Å². The van der Waals surface area contributed by atoms with Gasteiger partial charge in [0.2, 0.25) is 0 Å². The van der Waals surface area contributed by atoms with E-state index in [1.54, 1.807) is 18.2 Å². The van der Waals surface area contributed by atoms with Crippen LogP contribution in [0.25, 0.3) is 0 Å². The summed E-state index contributed by atoms with van der Waals surface area (Å²) in [5.41, 5.74) is 3.12. The molecule has 3 nitrogen and oxygen atoms in total. The van der Waals surface area contributed by atoms with Crippen LogP contribution < -0.4 is 10.1 Å². The minimum atomic E-state index is -0.471. The van der Waals surface area contributed by atoms with Crippen molar-refractivity contribution in [3.05, 3.63) is 98.0 Å². The van der Waals surface area contributed by atoms with Gasteiger partial charge < -0.3 is 10.1 Å². The van der Waals surface area contributed by atoms with Crippen molar-refractivity contribution in [1.82, 2.24) is 5.32 Å². The Morgan fingerprint density at radius 2 is 1.61 bits per heavy atom. The van der Waals surface area contributed by atoms with Crippen LogP contribution in [0.2, 0.25) is 15.1 Å². The van der Waals surface area contributed by atoms with Crippen LogP contribution in [-0.4, -0.2) is 12.5 Å². The zero-order valence-electron chi connectivity index (χ0n) is 17.6. The van der Waals surface area contributed by atoms with Crippen LogP contribution in [0.5, 0.6) is 5.75 Å². The highest BCUT2D eigenvalue weighted by Gasteiger charge is 2.21. The van der Waals surface area contributed by atoms with Crippen LogP contribution in [0.4, 0.5) is 0 Å². The first kappa shape index (κ1) is 23.5. The Morgan fingerprint density at radius 1 is 0.935 bits per heavy atom. The van der Waals surface area contributed by atoms with Crippen LogP contribution in [0.3, 0.4) is 0 Å². The van der Waals surface area contributed by atoms with Crippen LogP contribution in [0.15, 0.2) is 60.7 Å². The topological polar surface area (TPSA) is 38.3 Å². The lowest BCUT2D eigenvalue weighted by molar-refractivity contribution is 0.0949. The third-order valence-electron chi connectivity index (χ3n) is 4.77. The highest BCUT2D eigenvalue weighted by atomic mass is 35.5. The summed E-state index contributed by atoms with van der Waals surface area (Å²) >= 11 is 18.7. The minimum absolute atomic E-state index is 0.0988. The first-order valence-electron chi connectivity index (χ1n) is 10.0. The van der Waals surface area contributed by atoms with Crippen LogP contribution in [0, 0.1) is 12.8 Å². The largest absolute Gasteiger partial charge is 0.481 e. The third-order valence-corrected chi connectivity index (χ3v) is 5.58. The van der Waals surface area contributed by atoms with Gasteiger partial charge in [0.05, 0.1) is 0 Å². The van der Waals surface area contributed by atoms with E-state index in [9.17, 15) is 4.79 Å². The van der Waals surface area contributed by atoms with E-state index in [0.717, 1.165) is 16.7 Å². The first-order valence-corrected chi connectivity index (χ1v) is 11.1. The molecule has 1 amide bonds. The Kier molecular flexibility index (Phi) is 7.88. The van der Waals surface area contributed by atoms with Gasteiger partial charge in [-0.3, -0.25) is 4.79 Å². The Balaban J connectivity index is 1.92. The van der Waals surface area contributed by atoms with E-state index in [0.29, 0.717) is 38.8 Å². The van der Waals surface area contributed by atoms with Crippen molar-refractivity contribution < 1.29 is 9.53 Å². The molecule has 0 aliphatic rings. The predicted octanol–water partition coefficient (Wildman–Crippen LogP) is 7.51. The lowest BCUT2D eigenvalue weighted by Crippen LogP contribution is -2.27. The second kappa shape index (κ2) is 10.4. The average Bonchev–Trinajstić information content (AvgIpc) is 2.72. The molecule has 0 bridgehead atoms. The second-order valence-electron chi connectivity index (χ2n) is 7.80. The van der Waals surface area contributed by atoms with Crippen molar-refractivity contribution in [2.45, 2.75) is 26.9 Å². The molecule has 0 spiro atoms. The maximum Gasteiger partial charge on any atom is 0.251 e. The highest BCUT2D eigenvalue weighted by molar-refractivity contribution is 6.35. The summed E-state index contributed by atoms with van der Waals surface area (Å²) in [6.07, 6.45) is -0.471. The fourth-order valence-electron chi connectivity index (χ4n) is 3.11. The number of hydrogen-bond donors (Lipinski definition) is 1. The number of carbonyl (C=O) groups excluding carboxylic acids is 1. The van der Waals surface area contributed by atoms with Gasteiger partial charge in [-0.15, -0.1) is 0 Å². The predicted molar refractivity (Wildman–Crippen MR) is 129 cm³/mol. The van der Waals surface area contributed by atoms with Crippen molar-refractivity contribution in [2.75, 3.05) is 6.54 Å². The van der Waals surface area contributed by atoms with E-state index >= 15 is 0 Å². The quantitative estimate of drug-likeness (QED) is 0.383. The second-order valence-corrected chi connectivity index (χ2v) is 9.08. The van der Waals surface area contributed by atoms with Crippen LogP contribution >= 0.6 is 34.8 Å². The molecule has 1 unspecified atom stereocenters. The fraction of sp³-hybridized carbons (Fsp3) is 0.240. The molecule has 6 heteroatoms. The number of halogens is 3. The normalized spacial score (nSPS) is 12.0. The summed E-state index contributed by atoms with van der Waals surface area (Å²) in [6.45, 7) is 6.66. The van der Waals surface area contributed by atoms with E-state index in [2.05, 4.69) is 19.2 Å². The number of carbonyl (C=O) groups is 1. The van der Waals surface area contributed by atoms with Gasteiger partial charge in [-0.25, -0.2) is 0 Å². The van der Waals surface area contributed by atoms with Gasteiger partial charge in [0.25, 0.3) is 5.91 Å². The van der Waals surface area contributed by atoms with Gasteiger partial charge in [0.1, 0.15) is 5.75 Å². The van der Waals surface area contributed by atoms with E-state index in [4.69, 9.17) is 39.5 Å². The molecule has 3 rings (SSSR count). The van der Waals surface area contributed by atoms with Crippen molar-refractivity contribution in [3.8, 4) is 5.75 Å². The number of rotatable bonds is 7. The molecule has 0 saturated carbocycles. The Bertz CT molecular complexity index is 1060. The summed E-state index contributed by atoms with van der Waals surface area (Å²) in [6, 6.07) is 18.2. The molecule has 0 aliphatic carbocycles. The van der Waals surface area contributed by atoms with Gasteiger partial charge in [-0.1, -0.05) is 66.8 Å². The van der Waals surface area contributed by atoms with E-state index < -0.39 is 6.10 Å². The third kappa shape index (κ3) is 6.16. The highest BCUT2D eigenvalue weighted by Crippen LogP contribution is 2.35. The number of ether oxygens (including phenoxy) is 1. The molecule has 0 fully saturated rings. The summed E-state index contributed by atoms with van der Waals surface area (Å²) in [5, 5.41) is 4.63. The number of benzene rings is 3. The Hall–Kier alpha value is -2.20. The van der Waals surface area contributed by atoms with Gasteiger partial charge in [0.15, 0.2) is 6.10 Å². The van der Waals surface area contributed by atoms with Crippen LogP contribution in [-0.2, 0) is 0 Å². The molecule has 3 aromatic carbocycles. The maximum atomic E-state index is 12.4. The molecule has 1 atom stereocenters. The fourth-order valence-corrected chi connectivity index (χ4v) is 3.75. The number of hydrogen-bond acceptors (Lipinski definition) is 2. The van der Waals surface area contributed by atoms with Gasteiger partial charge in [-0.2, -0.15) is 0 Å².